The second-order valence-electron chi connectivity index (χ2n) is 6.95. The topological polar surface area (TPSA) is 67.8 Å². The van der Waals surface area contributed by atoms with E-state index in [4.69, 9.17) is 9.47 Å². The number of aromatic hydroxyl groups is 1. The average molecular weight is 434 g/mol. The van der Waals surface area contributed by atoms with E-state index < -0.39 is 0 Å². The number of hydrogen-bond donors (Lipinski definition) is 2. The summed E-state index contributed by atoms with van der Waals surface area (Å²) in [5.41, 5.74) is 2.14. The zero-order valence-electron chi connectivity index (χ0n) is 15.5. The maximum Gasteiger partial charge on any atom is 0.255 e. The molecule has 2 aromatic carbocycles. The van der Waals surface area contributed by atoms with E-state index in [0.29, 0.717) is 24.2 Å². The van der Waals surface area contributed by atoms with Crippen LogP contribution in [-0.4, -0.2) is 37.9 Å². The third-order valence-electron chi connectivity index (χ3n) is 5.19. The Morgan fingerprint density at radius 1 is 1.26 bits per heavy atom. The molecule has 27 heavy (non-hydrogen) atoms. The summed E-state index contributed by atoms with van der Waals surface area (Å²) in [5.74, 6) is 0.486. The third-order valence-corrected chi connectivity index (χ3v) is 5.80. The average Bonchev–Trinajstić information content (AvgIpc) is 2.69. The van der Waals surface area contributed by atoms with Crippen LogP contribution in [0.4, 0.5) is 0 Å². The molecular weight excluding hydrogens is 410 g/mol. The summed E-state index contributed by atoms with van der Waals surface area (Å²) in [5, 5.41) is 13.3. The Labute approximate surface area is 167 Å². The highest BCUT2D eigenvalue weighted by atomic mass is 79.9. The van der Waals surface area contributed by atoms with Crippen molar-refractivity contribution in [3.05, 3.63) is 57.6 Å². The van der Waals surface area contributed by atoms with Gasteiger partial charge in [0.15, 0.2) is 0 Å². The van der Waals surface area contributed by atoms with Gasteiger partial charge >= 0.3 is 0 Å². The van der Waals surface area contributed by atoms with Gasteiger partial charge in [-0.1, -0.05) is 12.1 Å². The predicted molar refractivity (Wildman–Crippen MR) is 108 cm³/mol. The Kier molecular flexibility index (Phi) is 6.07. The Morgan fingerprint density at radius 2 is 1.93 bits per heavy atom. The number of ether oxygens (including phenoxy) is 2. The fourth-order valence-corrected chi connectivity index (χ4v) is 4.10. The van der Waals surface area contributed by atoms with Crippen LogP contribution in [0.3, 0.4) is 0 Å². The lowest BCUT2D eigenvalue weighted by Crippen LogP contribution is -2.44. The Morgan fingerprint density at radius 3 is 2.56 bits per heavy atom. The molecule has 1 saturated heterocycles. The molecule has 0 radical (unpaired) electrons. The van der Waals surface area contributed by atoms with Crippen LogP contribution in [-0.2, 0) is 10.2 Å². The summed E-state index contributed by atoms with van der Waals surface area (Å²) in [6.07, 6.45) is 1.65. The molecule has 1 heterocycles. The van der Waals surface area contributed by atoms with Crippen molar-refractivity contribution in [3.63, 3.8) is 0 Å². The largest absolute Gasteiger partial charge is 0.506 e. The van der Waals surface area contributed by atoms with E-state index in [2.05, 4.69) is 33.4 Å². The molecule has 0 unspecified atom stereocenters. The summed E-state index contributed by atoms with van der Waals surface area (Å²) in [4.78, 5) is 12.7. The minimum atomic E-state index is -0.281. The van der Waals surface area contributed by atoms with Gasteiger partial charge in [-0.25, -0.2) is 0 Å². The van der Waals surface area contributed by atoms with Crippen molar-refractivity contribution < 1.29 is 19.4 Å². The van der Waals surface area contributed by atoms with E-state index in [1.807, 2.05) is 19.1 Å². The smallest absolute Gasteiger partial charge is 0.255 e. The van der Waals surface area contributed by atoms with E-state index in [1.165, 1.54) is 0 Å². The van der Waals surface area contributed by atoms with Gasteiger partial charge < -0.3 is 19.9 Å². The highest BCUT2D eigenvalue weighted by Crippen LogP contribution is 2.35. The first-order chi connectivity index (χ1) is 12.9. The number of phenols is 1. The number of halogens is 1. The minimum absolute atomic E-state index is 0.0384. The number of benzene rings is 2. The number of methoxy groups -OCH3 is 1. The summed E-state index contributed by atoms with van der Waals surface area (Å²) in [6, 6.07) is 11.5. The number of carbonyl (C=O) groups excluding carboxylic acids is 1. The molecule has 144 valence electrons. The number of phenolic OH excluding ortho intramolecular Hbond substituents is 1. The van der Waals surface area contributed by atoms with Crippen LogP contribution in [0, 0.1) is 6.92 Å². The number of carbonyl (C=O) groups is 1. The van der Waals surface area contributed by atoms with E-state index >= 15 is 0 Å². The second kappa shape index (κ2) is 8.31. The summed E-state index contributed by atoms with van der Waals surface area (Å²) < 4.78 is 11.3. The highest BCUT2D eigenvalue weighted by molar-refractivity contribution is 9.10. The van der Waals surface area contributed by atoms with Gasteiger partial charge in [0.25, 0.3) is 5.91 Å². The Balaban J connectivity index is 1.82. The zero-order chi connectivity index (χ0) is 19.4. The maximum absolute atomic E-state index is 12.7. The molecule has 1 aliphatic rings. The first-order valence-electron chi connectivity index (χ1n) is 8.95. The number of hydrogen-bond acceptors (Lipinski definition) is 4. The molecule has 1 aliphatic heterocycles. The summed E-state index contributed by atoms with van der Waals surface area (Å²) in [7, 11) is 1.64. The molecule has 0 saturated carbocycles. The fourth-order valence-electron chi connectivity index (χ4n) is 3.53. The van der Waals surface area contributed by atoms with Crippen molar-refractivity contribution in [1.82, 2.24) is 5.32 Å². The molecule has 2 aromatic rings. The monoisotopic (exact) mass is 433 g/mol. The van der Waals surface area contributed by atoms with E-state index in [1.54, 1.807) is 19.2 Å². The fraction of sp³-hybridized carbons (Fsp3) is 0.381. The molecule has 3 rings (SSSR count). The lowest BCUT2D eigenvalue weighted by molar-refractivity contribution is 0.0486. The second-order valence-corrected chi connectivity index (χ2v) is 7.80. The van der Waals surface area contributed by atoms with E-state index in [9.17, 15) is 9.90 Å². The number of nitrogens with one attached hydrogen (secondary N) is 1. The molecule has 1 fully saturated rings. The molecular formula is C21H24BrNO4. The standard InChI is InChI=1S/C21H24BrNO4/c1-14-11-17(19(24)18(22)12-14)20(25)23-13-21(7-9-27-10-8-21)15-3-5-16(26-2)6-4-15/h3-6,11-12,24H,7-10,13H2,1-2H3,(H,23,25). The van der Waals surface area contributed by atoms with Crippen LogP contribution in [0.5, 0.6) is 11.5 Å². The minimum Gasteiger partial charge on any atom is -0.506 e. The zero-order valence-corrected chi connectivity index (χ0v) is 17.1. The van der Waals surface area contributed by atoms with Crippen LogP contribution >= 0.6 is 15.9 Å². The Bertz CT molecular complexity index is 814. The molecule has 0 aliphatic carbocycles. The van der Waals surface area contributed by atoms with Crippen molar-refractivity contribution in [1.29, 1.82) is 0 Å². The maximum atomic E-state index is 12.7. The summed E-state index contributed by atoms with van der Waals surface area (Å²) in [6.45, 7) is 3.68. The molecule has 5 nitrogen and oxygen atoms in total. The van der Waals surface area contributed by atoms with Crippen molar-refractivity contribution in [2.24, 2.45) is 0 Å². The highest BCUT2D eigenvalue weighted by Gasteiger charge is 2.35. The normalized spacial score (nSPS) is 16.0. The third kappa shape index (κ3) is 4.28. The van der Waals surface area contributed by atoms with Crippen LogP contribution < -0.4 is 10.1 Å². The molecule has 0 bridgehead atoms. The van der Waals surface area contributed by atoms with Crippen molar-refractivity contribution in [2.75, 3.05) is 26.9 Å². The van der Waals surface area contributed by atoms with Gasteiger partial charge in [0.2, 0.25) is 0 Å². The van der Waals surface area contributed by atoms with E-state index in [-0.39, 0.29) is 22.6 Å². The van der Waals surface area contributed by atoms with Crippen LogP contribution in [0.15, 0.2) is 40.9 Å². The van der Waals surface area contributed by atoms with Gasteiger partial charge in [-0.15, -0.1) is 0 Å². The van der Waals surface area contributed by atoms with Gasteiger partial charge in [-0.2, -0.15) is 0 Å². The molecule has 0 spiro atoms. The summed E-state index contributed by atoms with van der Waals surface area (Å²) >= 11 is 3.30. The molecule has 6 heteroatoms. The first kappa shape index (κ1) is 19.7. The molecule has 0 aromatic heterocycles. The van der Waals surface area contributed by atoms with Crippen molar-refractivity contribution in [3.8, 4) is 11.5 Å². The van der Waals surface area contributed by atoms with E-state index in [0.717, 1.165) is 29.7 Å². The number of rotatable bonds is 5. The molecule has 2 N–H and O–H groups in total. The lowest BCUT2D eigenvalue weighted by atomic mass is 9.74. The van der Waals surface area contributed by atoms with Gasteiger partial charge in [0.1, 0.15) is 11.5 Å². The van der Waals surface area contributed by atoms with Crippen molar-refractivity contribution >= 4 is 21.8 Å². The van der Waals surface area contributed by atoms with Gasteiger partial charge in [-0.3, -0.25) is 4.79 Å². The van der Waals surface area contributed by atoms with Gasteiger partial charge in [-0.05, 0) is 71.1 Å². The SMILES string of the molecule is COc1ccc(C2(CNC(=O)c3cc(C)cc(Br)c3O)CCOCC2)cc1. The van der Waals surface area contributed by atoms with Crippen LogP contribution in [0.1, 0.15) is 34.3 Å². The van der Waals surface area contributed by atoms with Crippen LogP contribution in [0.25, 0.3) is 0 Å². The van der Waals surface area contributed by atoms with Crippen LogP contribution in [0.2, 0.25) is 0 Å². The predicted octanol–water partition coefficient (Wildman–Crippen LogP) is 3.95. The number of amides is 1. The molecule has 0 atom stereocenters. The number of aryl methyl sites for hydroxylation is 1. The lowest BCUT2D eigenvalue weighted by Gasteiger charge is -2.38. The first-order valence-corrected chi connectivity index (χ1v) is 9.74. The quantitative estimate of drug-likeness (QED) is 0.748. The Hall–Kier alpha value is -2.05. The van der Waals surface area contributed by atoms with Gasteiger partial charge in [0.05, 0.1) is 17.1 Å². The van der Waals surface area contributed by atoms with Gasteiger partial charge in [0, 0.05) is 25.2 Å². The molecule has 1 amide bonds. The van der Waals surface area contributed by atoms with Crippen molar-refractivity contribution in [2.45, 2.75) is 25.2 Å².